The normalized spacial score (nSPS) is 19.7. The summed E-state index contributed by atoms with van der Waals surface area (Å²) in [5, 5.41) is 10.0. The molecular weight excluding hydrogens is 360 g/mol. The van der Waals surface area contributed by atoms with Crippen molar-refractivity contribution in [1.29, 1.82) is 0 Å². The van der Waals surface area contributed by atoms with Gasteiger partial charge in [-0.2, -0.15) is 0 Å². The fourth-order valence-electron chi connectivity index (χ4n) is 2.24. The first kappa shape index (κ1) is 16.5. The SMILES string of the molecule is O=C(OCc1ccc([N+](=O)[O-])cc1)C1=C(Cl)CS[C@H]2C(=O)C(=O)N12. The van der Waals surface area contributed by atoms with E-state index < -0.39 is 28.0 Å². The fourth-order valence-corrected chi connectivity index (χ4v) is 3.64. The van der Waals surface area contributed by atoms with Crippen LogP contribution in [-0.2, 0) is 25.7 Å². The molecule has 10 heteroatoms. The average Bonchev–Trinajstić information content (AvgIpc) is 2.59. The summed E-state index contributed by atoms with van der Waals surface area (Å²) in [5.74, 6) is -1.93. The van der Waals surface area contributed by atoms with Crippen molar-refractivity contribution in [2.75, 3.05) is 5.75 Å². The van der Waals surface area contributed by atoms with E-state index >= 15 is 0 Å². The van der Waals surface area contributed by atoms with Crippen LogP contribution in [0.5, 0.6) is 0 Å². The van der Waals surface area contributed by atoms with Crippen molar-refractivity contribution in [3.05, 3.63) is 50.7 Å². The van der Waals surface area contributed by atoms with Crippen LogP contribution >= 0.6 is 23.4 Å². The molecule has 0 saturated carbocycles. The maximum atomic E-state index is 12.2. The van der Waals surface area contributed by atoms with Crippen molar-refractivity contribution in [2.24, 2.45) is 0 Å². The zero-order valence-corrected chi connectivity index (χ0v) is 13.5. The van der Waals surface area contributed by atoms with Crippen LogP contribution in [-0.4, -0.2) is 38.6 Å². The van der Waals surface area contributed by atoms with Gasteiger partial charge in [-0.15, -0.1) is 11.8 Å². The summed E-state index contributed by atoms with van der Waals surface area (Å²) < 4.78 is 5.11. The number of Topliss-reactive ketones (excluding diaryl/α,β-unsaturated/α-hetero) is 1. The Morgan fingerprint density at radius 3 is 2.67 bits per heavy atom. The Kier molecular flexibility index (Phi) is 4.29. The predicted molar refractivity (Wildman–Crippen MR) is 83.9 cm³/mol. The molecule has 1 atom stereocenters. The maximum Gasteiger partial charge on any atom is 0.356 e. The number of hydrogen-bond acceptors (Lipinski definition) is 7. The number of hydrogen-bond donors (Lipinski definition) is 0. The Morgan fingerprint density at radius 1 is 1.38 bits per heavy atom. The van der Waals surface area contributed by atoms with Crippen LogP contribution in [0.1, 0.15) is 5.56 Å². The number of nitro benzene ring substituents is 1. The number of carbonyl (C=O) groups excluding carboxylic acids is 3. The van der Waals surface area contributed by atoms with Crippen LogP contribution in [0.4, 0.5) is 5.69 Å². The largest absolute Gasteiger partial charge is 0.456 e. The lowest BCUT2D eigenvalue weighted by Gasteiger charge is -2.41. The summed E-state index contributed by atoms with van der Waals surface area (Å²) in [6.45, 7) is -0.141. The molecule has 0 spiro atoms. The summed E-state index contributed by atoms with van der Waals surface area (Å²) >= 11 is 7.17. The number of fused-ring (bicyclic) bond motifs is 1. The summed E-state index contributed by atoms with van der Waals surface area (Å²) in [7, 11) is 0. The summed E-state index contributed by atoms with van der Waals surface area (Å²) in [5.41, 5.74) is 0.345. The number of β-lactam (4-membered cyclic amide) rings is 1. The van der Waals surface area contributed by atoms with E-state index in [-0.39, 0.29) is 28.8 Å². The third-order valence-corrected chi connectivity index (χ3v) is 5.13. The van der Waals surface area contributed by atoms with Gasteiger partial charge in [-0.3, -0.25) is 24.6 Å². The number of thioether (sulfide) groups is 1. The molecule has 0 aromatic heterocycles. The molecule has 3 rings (SSSR count). The van der Waals surface area contributed by atoms with Gasteiger partial charge in [-0.25, -0.2) is 4.79 Å². The number of nitro groups is 1. The smallest absolute Gasteiger partial charge is 0.356 e. The van der Waals surface area contributed by atoms with E-state index in [0.717, 1.165) is 4.90 Å². The second-order valence-electron chi connectivity index (χ2n) is 4.96. The van der Waals surface area contributed by atoms with Gasteiger partial charge >= 0.3 is 5.97 Å². The summed E-state index contributed by atoms with van der Waals surface area (Å²) in [6.07, 6.45) is 0. The highest BCUT2D eigenvalue weighted by atomic mass is 35.5. The second kappa shape index (κ2) is 6.25. The lowest BCUT2D eigenvalue weighted by molar-refractivity contribution is -0.384. The molecule has 2 aliphatic rings. The molecule has 2 aliphatic heterocycles. The number of ether oxygens (including phenoxy) is 1. The highest BCUT2D eigenvalue weighted by molar-refractivity contribution is 8.01. The van der Waals surface area contributed by atoms with Gasteiger partial charge in [0.1, 0.15) is 12.3 Å². The molecule has 24 heavy (non-hydrogen) atoms. The third kappa shape index (κ3) is 2.76. The number of rotatable bonds is 4. The summed E-state index contributed by atoms with van der Waals surface area (Å²) in [6, 6.07) is 5.50. The predicted octanol–water partition coefficient (Wildman–Crippen LogP) is 1.57. The minimum atomic E-state index is -0.815. The third-order valence-electron chi connectivity index (χ3n) is 3.46. The van der Waals surface area contributed by atoms with Crippen LogP contribution in [0.15, 0.2) is 35.0 Å². The maximum absolute atomic E-state index is 12.2. The molecule has 0 unspecified atom stereocenters. The number of halogens is 1. The topological polar surface area (TPSA) is 107 Å². The number of carbonyl (C=O) groups is 3. The van der Waals surface area contributed by atoms with E-state index in [1.165, 1.54) is 36.0 Å². The molecule has 0 radical (unpaired) electrons. The van der Waals surface area contributed by atoms with Crippen molar-refractivity contribution < 1.29 is 24.0 Å². The monoisotopic (exact) mass is 368 g/mol. The van der Waals surface area contributed by atoms with Gasteiger partial charge in [0.05, 0.1) is 9.96 Å². The van der Waals surface area contributed by atoms with Gasteiger partial charge in [0, 0.05) is 17.9 Å². The molecular formula is C14H9ClN2O6S. The molecule has 1 aromatic rings. The molecule has 1 aromatic carbocycles. The van der Waals surface area contributed by atoms with E-state index in [2.05, 4.69) is 0 Å². The van der Waals surface area contributed by atoms with Crippen molar-refractivity contribution in [1.82, 2.24) is 4.90 Å². The van der Waals surface area contributed by atoms with E-state index in [9.17, 15) is 24.5 Å². The molecule has 0 aliphatic carbocycles. The van der Waals surface area contributed by atoms with Crippen molar-refractivity contribution in [3.63, 3.8) is 0 Å². The van der Waals surface area contributed by atoms with Crippen LogP contribution < -0.4 is 0 Å². The van der Waals surface area contributed by atoms with Gasteiger partial charge < -0.3 is 4.74 Å². The number of amides is 1. The Balaban J connectivity index is 1.69. The molecule has 1 saturated heterocycles. The van der Waals surface area contributed by atoms with Gasteiger partial charge in [0.25, 0.3) is 17.4 Å². The standard InChI is InChI=1S/C14H9ClN2O6S/c15-9-6-24-13-11(18)12(19)16(13)10(9)14(20)23-5-7-1-3-8(4-2-7)17(21)22/h1-4,13H,5-6H2/t13-/m0/s1. The molecule has 0 N–H and O–H groups in total. The molecule has 2 heterocycles. The Bertz CT molecular complexity index is 791. The van der Waals surface area contributed by atoms with Crippen LogP contribution in [0.2, 0.25) is 0 Å². The highest BCUT2D eigenvalue weighted by Gasteiger charge is 2.53. The van der Waals surface area contributed by atoms with E-state index in [4.69, 9.17) is 16.3 Å². The van der Waals surface area contributed by atoms with Gasteiger partial charge in [0.2, 0.25) is 0 Å². The first-order valence-electron chi connectivity index (χ1n) is 6.68. The van der Waals surface area contributed by atoms with Crippen LogP contribution in [0.25, 0.3) is 0 Å². The van der Waals surface area contributed by atoms with Crippen LogP contribution in [0, 0.1) is 10.1 Å². The zero-order chi connectivity index (χ0) is 17.4. The first-order valence-corrected chi connectivity index (χ1v) is 8.11. The lowest BCUT2D eigenvalue weighted by Crippen LogP contribution is -2.62. The highest BCUT2D eigenvalue weighted by Crippen LogP contribution is 2.39. The molecule has 8 nitrogen and oxygen atoms in total. The van der Waals surface area contributed by atoms with E-state index in [1.807, 2.05) is 0 Å². The first-order chi connectivity index (χ1) is 11.4. The lowest BCUT2D eigenvalue weighted by atomic mass is 10.1. The quantitative estimate of drug-likeness (QED) is 0.261. The Hall–Kier alpha value is -2.39. The Labute approximate surface area is 144 Å². The minimum Gasteiger partial charge on any atom is -0.456 e. The van der Waals surface area contributed by atoms with Crippen molar-refractivity contribution in [3.8, 4) is 0 Å². The van der Waals surface area contributed by atoms with Crippen LogP contribution in [0.3, 0.4) is 0 Å². The van der Waals surface area contributed by atoms with E-state index in [1.54, 1.807) is 0 Å². The molecule has 1 fully saturated rings. The zero-order valence-electron chi connectivity index (χ0n) is 11.9. The van der Waals surface area contributed by atoms with Crippen molar-refractivity contribution in [2.45, 2.75) is 12.0 Å². The molecule has 1 amide bonds. The van der Waals surface area contributed by atoms with E-state index in [0.29, 0.717) is 5.56 Å². The second-order valence-corrected chi connectivity index (χ2v) is 6.48. The summed E-state index contributed by atoms with van der Waals surface area (Å²) in [4.78, 5) is 46.4. The number of esters is 1. The number of benzene rings is 1. The number of non-ortho nitro benzene ring substituents is 1. The fraction of sp³-hybridized carbons (Fsp3) is 0.214. The van der Waals surface area contributed by atoms with Crippen molar-refractivity contribution >= 4 is 46.7 Å². The molecule has 124 valence electrons. The van der Waals surface area contributed by atoms with Gasteiger partial charge in [0.15, 0.2) is 5.37 Å². The minimum absolute atomic E-state index is 0.0762. The number of ketones is 1. The molecule has 0 bridgehead atoms. The van der Waals surface area contributed by atoms with Gasteiger partial charge in [-0.05, 0) is 17.7 Å². The number of nitrogens with zero attached hydrogens (tertiary/aromatic N) is 2. The van der Waals surface area contributed by atoms with Gasteiger partial charge in [-0.1, -0.05) is 11.6 Å². The average molecular weight is 369 g/mol. The Morgan fingerprint density at radius 2 is 2.04 bits per heavy atom.